The molecule has 2 N–H and O–H groups in total. The molecule has 0 saturated carbocycles. The topological polar surface area (TPSA) is 35.2 Å². The van der Waals surface area contributed by atoms with Crippen molar-refractivity contribution in [1.29, 1.82) is 0 Å². The average Bonchev–Trinajstić information content (AvgIpc) is 2.48. The van der Waals surface area contributed by atoms with Crippen molar-refractivity contribution in [3.63, 3.8) is 0 Å². The van der Waals surface area contributed by atoms with Gasteiger partial charge in [-0.05, 0) is 23.6 Å². The maximum atomic E-state index is 5.86. The molecule has 2 heteroatoms. The quantitative estimate of drug-likeness (QED) is 0.792. The Hall–Kier alpha value is -1.80. The van der Waals surface area contributed by atoms with Crippen molar-refractivity contribution in [3.05, 3.63) is 54.1 Å². The smallest absolute Gasteiger partial charge is 0.127 e. The van der Waals surface area contributed by atoms with Gasteiger partial charge in [-0.1, -0.05) is 55.8 Å². The first-order chi connectivity index (χ1) is 9.35. The third-order valence-electron chi connectivity index (χ3n) is 3.14. The predicted octanol–water partition coefficient (Wildman–Crippen LogP) is 3.99. The van der Waals surface area contributed by atoms with Crippen molar-refractivity contribution in [2.24, 2.45) is 5.73 Å². The van der Waals surface area contributed by atoms with E-state index in [1.54, 1.807) is 0 Å². The Morgan fingerprint density at radius 1 is 1.00 bits per heavy atom. The molecule has 0 aliphatic rings. The lowest BCUT2D eigenvalue weighted by atomic mass is 10.0. The molecule has 0 bridgehead atoms. The molecule has 0 amide bonds. The van der Waals surface area contributed by atoms with Crippen molar-refractivity contribution in [3.8, 4) is 16.9 Å². The van der Waals surface area contributed by atoms with Gasteiger partial charge in [0.05, 0.1) is 6.61 Å². The second kappa shape index (κ2) is 6.95. The lowest BCUT2D eigenvalue weighted by Gasteiger charge is -2.11. The molecule has 2 aromatic rings. The summed E-state index contributed by atoms with van der Waals surface area (Å²) in [5.74, 6) is 0.955. The summed E-state index contributed by atoms with van der Waals surface area (Å²) >= 11 is 0. The van der Waals surface area contributed by atoms with E-state index in [0.717, 1.165) is 36.3 Å². The van der Waals surface area contributed by atoms with E-state index < -0.39 is 0 Å². The van der Waals surface area contributed by atoms with Crippen molar-refractivity contribution < 1.29 is 4.74 Å². The van der Waals surface area contributed by atoms with Gasteiger partial charge in [0.15, 0.2) is 0 Å². The van der Waals surface area contributed by atoms with Crippen molar-refractivity contribution in [1.82, 2.24) is 0 Å². The van der Waals surface area contributed by atoms with Gasteiger partial charge in [0, 0.05) is 12.1 Å². The molecule has 0 aliphatic heterocycles. The van der Waals surface area contributed by atoms with Crippen LogP contribution in [0.5, 0.6) is 5.75 Å². The molecule has 19 heavy (non-hydrogen) atoms. The monoisotopic (exact) mass is 255 g/mol. The molecule has 0 radical (unpaired) electrons. The second-order valence-corrected chi connectivity index (χ2v) is 4.60. The number of unbranched alkanes of at least 4 members (excludes halogenated alkanes) is 1. The molecule has 0 fully saturated rings. The van der Waals surface area contributed by atoms with Gasteiger partial charge >= 0.3 is 0 Å². The summed E-state index contributed by atoms with van der Waals surface area (Å²) in [6, 6.07) is 16.5. The summed E-state index contributed by atoms with van der Waals surface area (Å²) in [6.45, 7) is 3.52. The lowest BCUT2D eigenvalue weighted by Crippen LogP contribution is -1.98. The minimum absolute atomic E-state index is 0.578. The van der Waals surface area contributed by atoms with Gasteiger partial charge in [-0.3, -0.25) is 0 Å². The van der Waals surface area contributed by atoms with Crippen LogP contribution in [0.3, 0.4) is 0 Å². The molecule has 2 aromatic carbocycles. The number of benzene rings is 2. The van der Waals surface area contributed by atoms with E-state index in [1.807, 2.05) is 18.2 Å². The summed E-state index contributed by atoms with van der Waals surface area (Å²) in [7, 11) is 0. The van der Waals surface area contributed by atoms with Gasteiger partial charge in [0.2, 0.25) is 0 Å². The minimum atomic E-state index is 0.578. The number of ether oxygens (including phenoxy) is 1. The van der Waals surface area contributed by atoms with E-state index in [0.29, 0.717) is 6.54 Å². The molecule has 0 saturated heterocycles. The first-order valence-corrected chi connectivity index (χ1v) is 6.86. The third-order valence-corrected chi connectivity index (χ3v) is 3.14. The molecule has 0 aliphatic carbocycles. The standard InChI is InChI=1S/C17H21NO/c1-2-3-12-19-17-7-5-4-6-16(17)15-10-8-14(13-18)9-11-15/h4-11H,2-3,12-13,18H2,1H3. The van der Waals surface area contributed by atoms with E-state index in [9.17, 15) is 0 Å². The van der Waals surface area contributed by atoms with Crippen LogP contribution in [-0.4, -0.2) is 6.61 Å². The van der Waals surface area contributed by atoms with Crippen molar-refractivity contribution in [2.75, 3.05) is 6.61 Å². The summed E-state index contributed by atoms with van der Waals surface area (Å²) in [6.07, 6.45) is 2.23. The molecule has 100 valence electrons. The summed E-state index contributed by atoms with van der Waals surface area (Å²) < 4.78 is 5.86. The van der Waals surface area contributed by atoms with Crippen LogP contribution in [-0.2, 0) is 6.54 Å². The molecule has 0 aromatic heterocycles. The zero-order chi connectivity index (χ0) is 13.5. The zero-order valence-corrected chi connectivity index (χ0v) is 11.4. The first-order valence-electron chi connectivity index (χ1n) is 6.86. The van der Waals surface area contributed by atoms with Crippen LogP contribution in [0.15, 0.2) is 48.5 Å². The number of nitrogens with two attached hydrogens (primary N) is 1. The summed E-state index contributed by atoms with van der Waals surface area (Å²) in [5.41, 5.74) is 9.08. The predicted molar refractivity (Wildman–Crippen MR) is 80.2 cm³/mol. The number of hydrogen-bond acceptors (Lipinski definition) is 2. The highest BCUT2D eigenvalue weighted by molar-refractivity contribution is 5.70. The maximum absolute atomic E-state index is 5.86. The molecule has 0 unspecified atom stereocenters. The number of rotatable bonds is 6. The van der Waals surface area contributed by atoms with Gasteiger partial charge in [0.1, 0.15) is 5.75 Å². The van der Waals surface area contributed by atoms with E-state index >= 15 is 0 Å². The second-order valence-electron chi connectivity index (χ2n) is 4.60. The van der Waals surface area contributed by atoms with Crippen LogP contribution in [0.1, 0.15) is 25.3 Å². The summed E-state index contributed by atoms with van der Waals surface area (Å²) in [4.78, 5) is 0. The highest BCUT2D eigenvalue weighted by atomic mass is 16.5. The zero-order valence-electron chi connectivity index (χ0n) is 11.4. The third kappa shape index (κ3) is 3.58. The van der Waals surface area contributed by atoms with E-state index in [4.69, 9.17) is 10.5 Å². The fourth-order valence-electron chi connectivity index (χ4n) is 1.98. The van der Waals surface area contributed by atoms with Gasteiger partial charge in [-0.25, -0.2) is 0 Å². The molecule has 0 spiro atoms. The highest BCUT2D eigenvalue weighted by Crippen LogP contribution is 2.30. The number of hydrogen-bond donors (Lipinski definition) is 1. The van der Waals surface area contributed by atoms with Crippen LogP contribution in [0.25, 0.3) is 11.1 Å². The Bertz CT molecular complexity index is 505. The minimum Gasteiger partial charge on any atom is -0.493 e. The van der Waals surface area contributed by atoms with Crippen LogP contribution >= 0.6 is 0 Å². The Labute approximate surface area is 115 Å². The van der Waals surface area contributed by atoms with Crippen LogP contribution in [0, 0.1) is 0 Å². The Morgan fingerprint density at radius 3 is 2.42 bits per heavy atom. The maximum Gasteiger partial charge on any atom is 0.127 e. The Kier molecular flexibility index (Phi) is 4.99. The van der Waals surface area contributed by atoms with E-state index in [-0.39, 0.29) is 0 Å². The lowest BCUT2D eigenvalue weighted by molar-refractivity contribution is 0.310. The molecular formula is C17H21NO. The number of para-hydroxylation sites is 1. The van der Waals surface area contributed by atoms with Gasteiger partial charge in [-0.15, -0.1) is 0 Å². The van der Waals surface area contributed by atoms with E-state index in [2.05, 4.69) is 37.3 Å². The fourth-order valence-corrected chi connectivity index (χ4v) is 1.98. The van der Waals surface area contributed by atoms with Gasteiger partial charge < -0.3 is 10.5 Å². The first kappa shape index (κ1) is 13.6. The fraction of sp³-hybridized carbons (Fsp3) is 0.294. The highest BCUT2D eigenvalue weighted by Gasteiger charge is 2.05. The van der Waals surface area contributed by atoms with Crippen LogP contribution in [0.4, 0.5) is 0 Å². The Morgan fingerprint density at radius 2 is 1.74 bits per heavy atom. The molecule has 2 rings (SSSR count). The van der Waals surface area contributed by atoms with Gasteiger partial charge in [0.25, 0.3) is 0 Å². The van der Waals surface area contributed by atoms with Crippen molar-refractivity contribution >= 4 is 0 Å². The molecule has 0 atom stereocenters. The SMILES string of the molecule is CCCCOc1ccccc1-c1ccc(CN)cc1. The van der Waals surface area contributed by atoms with Crippen LogP contribution < -0.4 is 10.5 Å². The molecule has 2 nitrogen and oxygen atoms in total. The largest absolute Gasteiger partial charge is 0.493 e. The molecule has 0 heterocycles. The Balaban J connectivity index is 2.22. The molecular weight excluding hydrogens is 234 g/mol. The van der Waals surface area contributed by atoms with E-state index in [1.165, 1.54) is 5.56 Å². The summed E-state index contributed by atoms with van der Waals surface area (Å²) in [5, 5.41) is 0. The van der Waals surface area contributed by atoms with Gasteiger partial charge in [-0.2, -0.15) is 0 Å². The van der Waals surface area contributed by atoms with Crippen molar-refractivity contribution in [2.45, 2.75) is 26.3 Å². The van der Waals surface area contributed by atoms with Crippen LogP contribution in [0.2, 0.25) is 0 Å². The normalized spacial score (nSPS) is 10.4. The average molecular weight is 255 g/mol.